The number of ether oxygens (including phenoxy) is 1. The molecule has 13 heteroatoms. The zero-order valence-corrected chi connectivity index (χ0v) is 23.9. The molecule has 44 heavy (non-hydrogen) atoms. The molecule has 2 bridgehead atoms. The first-order chi connectivity index (χ1) is 21.4. The van der Waals surface area contributed by atoms with Gasteiger partial charge in [0.05, 0.1) is 24.7 Å². The number of piperidine rings is 1. The molecular weight excluding hydrogens is 568 g/mol. The van der Waals surface area contributed by atoms with Gasteiger partial charge in [0.2, 0.25) is 5.82 Å². The van der Waals surface area contributed by atoms with Crippen LogP contribution in [0, 0.1) is 11.6 Å². The average Bonchev–Trinajstić information content (AvgIpc) is 3.41. The first kappa shape index (κ1) is 26.7. The predicted octanol–water partition coefficient (Wildman–Crippen LogP) is 4.87. The second-order valence-electron chi connectivity index (χ2n) is 11.9. The number of methoxy groups -OCH3 is 1. The number of benzene rings is 1. The molecule has 8 rings (SSSR count). The van der Waals surface area contributed by atoms with Gasteiger partial charge in [-0.05, 0) is 56.6 Å². The number of H-pyrrole nitrogens is 1. The summed E-state index contributed by atoms with van der Waals surface area (Å²) in [6.07, 6.45) is 10.3. The topological polar surface area (TPSA) is 140 Å². The summed E-state index contributed by atoms with van der Waals surface area (Å²) in [7, 11) is 1.29. The Morgan fingerprint density at radius 3 is 2.45 bits per heavy atom. The van der Waals surface area contributed by atoms with Crippen molar-refractivity contribution in [3.05, 3.63) is 71.7 Å². The van der Waals surface area contributed by atoms with E-state index in [1.807, 2.05) is 4.90 Å². The molecule has 3 fully saturated rings. The molecule has 6 heterocycles. The van der Waals surface area contributed by atoms with Crippen molar-refractivity contribution in [1.82, 2.24) is 39.7 Å². The molecule has 5 aromatic rings. The van der Waals surface area contributed by atoms with Crippen LogP contribution in [0.5, 0.6) is 5.75 Å². The molecule has 0 radical (unpaired) electrons. The number of fused-ring (bicyclic) bond motifs is 3. The highest BCUT2D eigenvalue weighted by Gasteiger charge is 2.46. The Kier molecular flexibility index (Phi) is 6.10. The van der Waals surface area contributed by atoms with Crippen molar-refractivity contribution < 1.29 is 18.3 Å². The van der Waals surface area contributed by atoms with Gasteiger partial charge in [0.1, 0.15) is 18.0 Å². The molecule has 3 aliphatic rings. The lowest BCUT2D eigenvalue weighted by Gasteiger charge is -2.39. The van der Waals surface area contributed by atoms with Crippen molar-refractivity contribution in [2.45, 2.75) is 62.4 Å². The lowest BCUT2D eigenvalue weighted by molar-refractivity contribution is 0.0557. The van der Waals surface area contributed by atoms with E-state index in [4.69, 9.17) is 15.5 Å². The minimum absolute atomic E-state index is 0.0382. The number of nitrogens with zero attached hydrogens (tertiary/aromatic N) is 7. The van der Waals surface area contributed by atoms with Gasteiger partial charge in [0.15, 0.2) is 17.2 Å². The van der Waals surface area contributed by atoms with E-state index >= 15 is 0 Å². The second-order valence-corrected chi connectivity index (χ2v) is 11.9. The molecule has 2 saturated heterocycles. The molecule has 1 aromatic carbocycles. The van der Waals surface area contributed by atoms with Crippen molar-refractivity contribution in [3.8, 4) is 28.1 Å². The smallest absolute Gasteiger partial charge is 0.291 e. The Balaban J connectivity index is 1.15. The number of hydrogen-bond donors (Lipinski definition) is 2. The van der Waals surface area contributed by atoms with Crippen LogP contribution in [0.1, 0.15) is 72.2 Å². The third kappa shape index (κ3) is 4.20. The van der Waals surface area contributed by atoms with Crippen LogP contribution < -0.4 is 10.5 Å². The third-order valence-electron chi connectivity index (χ3n) is 9.30. The van der Waals surface area contributed by atoms with Gasteiger partial charge in [-0.3, -0.25) is 14.9 Å². The van der Waals surface area contributed by atoms with Gasteiger partial charge in [-0.15, -0.1) is 0 Å². The van der Waals surface area contributed by atoms with E-state index < -0.39 is 11.6 Å². The van der Waals surface area contributed by atoms with E-state index in [1.54, 1.807) is 29.0 Å². The number of nitrogen functional groups attached to an aromatic ring is 1. The van der Waals surface area contributed by atoms with E-state index in [-0.39, 0.29) is 46.7 Å². The van der Waals surface area contributed by atoms with Gasteiger partial charge in [-0.1, -0.05) is 6.07 Å². The Morgan fingerprint density at radius 1 is 1.00 bits per heavy atom. The molecular formula is C31H29F2N9O2. The highest BCUT2D eigenvalue weighted by molar-refractivity contribution is 5.91. The zero-order valence-electron chi connectivity index (χ0n) is 23.9. The van der Waals surface area contributed by atoms with Crippen molar-refractivity contribution in [2.24, 2.45) is 0 Å². The van der Waals surface area contributed by atoms with Gasteiger partial charge in [0, 0.05) is 52.5 Å². The molecule has 1 saturated carbocycles. The number of hydrogen-bond acceptors (Lipinski definition) is 8. The number of aromatic nitrogens is 7. The van der Waals surface area contributed by atoms with Gasteiger partial charge in [0.25, 0.3) is 5.91 Å². The average molecular weight is 598 g/mol. The van der Waals surface area contributed by atoms with Crippen LogP contribution in [0.3, 0.4) is 0 Å². The number of nitrogens with two attached hydrogens (primary N) is 1. The second kappa shape index (κ2) is 10.1. The standard InChI is InChI=1S/C31H29F2N9O2/c1-44-25-11-22(32)20(10-23(25)33)24-7-4-16(12-35-24)21-13-38-42-28(34)26(15-2-3-15)27(39-30(21)42)17-8-18-5-6-19(9-17)41(18)31(43)29-36-14-37-40-29/h4,7,10-15,17-19H,2-3,5-6,8-9,34H2,1H3,(H,36,37,40)/t17?,18-,19+. The third-order valence-corrected chi connectivity index (χ3v) is 9.30. The van der Waals surface area contributed by atoms with Crippen molar-refractivity contribution in [3.63, 3.8) is 0 Å². The molecule has 3 atom stereocenters. The molecule has 11 nitrogen and oxygen atoms in total. The fourth-order valence-electron chi connectivity index (χ4n) is 7.11. The number of rotatable bonds is 6. The number of amides is 1. The molecule has 4 aromatic heterocycles. The lowest BCUT2D eigenvalue weighted by atomic mass is 9.85. The number of halogens is 2. The van der Waals surface area contributed by atoms with Gasteiger partial charge < -0.3 is 15.4 Å². The van der Waals surface area contributed by atoms with Crippen LogP contribution >= 0.6 is 0 Å². The maximum Gasteiger partial charge on any atom is 0.291 e. The van der Waals surface area contributed by atoms with Crippen molar-refractivity contribution in [1.29, 1.82) is 0 Å². The minimum atomic E-state index is -0.669. The van der Waals surface area contributed by atoms with Crippen LogP contribution in [0.2, 0.25) is 0 Å². The lowest BCUT2D eigenvalue weighted by Crippen LogP contribution is -2.46. The number of aromatic amines is 1. The van der Waals surface area contributed by atoms with E-state index in [1.165, 1.54) is 13.4 Å². The van der Waals surface area contributed by atoms with E-state index in [0.717, 1.165) is 73.0 Å². The molecule has 1 unspecified atom stereocenters. The monoisotopic (exact) mass is 597 g/mol. The fourth-order valence-corrected chi connectivity index (χ4v) is 7.11. The SMILES string of the molecule is COc1cc(F)c(-c2ccc(-c3cnn4c(N)c(C5CC5)c(C5C[C@H]6CC[C@@H](C5)N6C(=O)c5ncn[nH]5)nc34)cn2)cc1F. The zero-order chi connectivity index (χ0) is 30.1. The highest BCUT2D eigenvalue weighted by atomic mass is 19.1. The summed E-state index contributed by atoms with van der Waals surface area (Å²) in [6.45, 7) is 0. The Bertz CT molecular complexity index is 1890. The molecule has 2 aliphatic heterocycles. The van der Waals surface area contributed by atoms with Gasteiger partial charge in [-0.25, -0.2) is 18.7 Å². The number of pyridine rings is 1. The Morgan fingerprint density at radius 2 is 1.80 bits per heavy atom. The summed E-state index contributed by atoms with van der Waals surface area (Å²) in [5, 5.41) is 11.2. The molecule has 1 aliphatic carbocycles. The first-order valence-corrected chi connectivity index (χ1v) is 14.8. The minimum Gasteiger partial charge on any atom is -0.494 e. The Labute approximate surface area is 250 Å². The fraction of sp³-hybridized carbons (Fsp3) is 0.355. The van der Waals surface area contributed by atoms with Crippen LogP contribution in [-0.2, 0) is 0 Å². The maximum atomic E-state index is 14.7. The van der Waals surface area contributed by atoms with Crippen LogP contribution in [0.25, 0.3) is 28.0 Å². The highest BCUT2D eigenvalue weighted by Crippen LogP contribution is 2.50. The van der Waals surface area contributed by atoms with E-state index in [0.29, 0.717) is 17.4 Å². The summed E-state index contributed by atoms with van der Waals surface area (Å²) in [5.74, 6) is -0.221. The summed E-state index contributed by atoms with van der Waals surface area (Å²) < 4.78 is 35.6. The first-order valence-electron chi connectivity index (χ1n) is 14.8. The molecule has 3 N–H and O–H groups in total. The van der Waals surface area contributed by atoms with Crippen LogP contribution in [0.4, 0.5) is 14.6 Å². The number of nitrogens with one attached hydrogen (secondary N) is 1. The normalized spacial score (nSPS) is 21.2. The van der Waals surface area contributed by atoms with E-state index in [9.17, 15) is 13.6 Å². The number of anilines is 1. The van der Waals surface area contributed by atoms with Gasteiger partial charge in [-0.2, -0.15) is 14.7 Å². The molecule has 1 amide bonds. The maximum absolute atomic E-state index is 14.7. The summed E-state index contributed by atoms with van der Waals surface area (Å²) >= 11 is 0. The van der Waals surface area contributed by atoms with Crippen LogP contribution in [-0.4, -0.2) is 64.8 Å². The summed E-state index contributed by atoms with van der Waals surface area (Å²) in [6, 6.07) is 5.71. The van der Waals surface area contributed by atoms with Crippen molar-refractivity contribution in [2.75, 3.05) is 12.8 Å². The largest absolute Gasteiger partial charge is 0.494 e. The van der Waals surface area contributed by atoms with Gasteiger partial charge >= 0.3 is 0 Å². The van der Waals surface area contributed by atoms with Crippen molar-refractivity contribution >= 4 is 17.4 Å². The number of carbonyl (C=O) groups excluding carboxylic acids is 1. The quantitative estimate of drug-likeness (QED) is 0.283. The van der Waals surface area contributed by atoms with Crippen LogP contribution in [0.15, 0.2) is 43.0 Å². The van der Waals surface area contributed by atoms with E-state index in [2.05, 4.69) is 25.3 Å². The molecule has 0 spiro atoms. The summed E-state index contributed by atoms with van der Waals surface area (Å²) in [4.78, 5) is 29.0. The predicted molar refractivity (Wildman–Crippen MR) is 156 cm³/mol. The molecule has 224 valence electrons. The number of carbonyl (C=O) groups is 1. The Hall–Kier alpha value is -4.94. The summed E-state index contributed by atoms with van der Waals surface area (Å²) in [5.41, 5.74) is 11.3.